The maximum Gasteiger partial charge on any atom is 0.275 e. The number of aromatic nitrogens is 3. The number of carbonyl (C=O) groups is 2. The van der Waals surface area contributed by atoms with Crippen LogP contribution in [0.1, 0.15) is 102 Å². The Hall–Kier alpha value is -1.72. The molecule has 1 aromatic heterocycles. The summed E-state index contributed by atoms with van der Waals surface area (Å²) in [5.74, 6) is 4.36. The average molecular weight is 483 g/mol. The molecule has 35 heavy (non-hydrogen) atoms. The normalized spacial score (nSPS) is 40.5. The lowest BCUT2D eigenvalue weighted by Gasteiger charge is -2.61. The van der Waals surface area contributed by atoms with Crippen molar-refractivity contribution in [1.29, 1.82) is 0 Å². The third-order valence-electron chi connectivity index (χ3n) is 11.3. The predicted octanol–water partition coefficient (Wildman–Crippen LogP) is 5.62. The van der Waals surface area contributed by atoms with Gasteiger partial charge in [0, 0.05) is 19.5 Å². The fourth-order valence-corrected chi connectivity index (χ4v) is 9.36. The molecule has 0 aliphatic heterocycles. The molecule has 0 N–H and O–H groups in total. The molecule has 1 amide bonds. The molecule has 0 aromatic carbocycles. The van der Waals surface area contributed by atoms with E-state index in [9.17, 15) is 9.59 Å². The molecule has 6 heteroatoms. The van der Waals surface area contributed by atoms with Crippen molar-refractivity contribution in [2.45, 2.75) is 98.4 Å². The van der Waals surface area contributed by atoms with Crippen LogP contribution in [0.5, 0.6) is 0 Å². The number of hydrogen-bond donors (Lipinski definition) is 0. The minimum atomic E-state index is -0.127. The van der Waals surface area contributed by atoms with Gasteiger partial charge in [0.15, 0.2) is 11.5 Å². The number of hydrogen-bond acceptors (Lipinski definition) is 4. The summed E-state index contributed by atoms with van der Waals surface area (Å²) in [5, 5.41) is 8.65. The molecule has 1 heterocycles. The molecule has 0 saturated heterocycles. The van der Waals surface area contributed by atoms with E-state index in [1.54, 1.807) is 11.9 Å². The van der Waals surface area contributed by atoms with Crippen LogP contribution in [0.2, 0.25) is 0 Å². The zero-order valence-corrected chi connectivity index (χ0v) is 22.6. The second kappa shape index (κ2) is 9.30. The van der Waals surface area contributed by atoms with Gasteiger partial charge in [-0.2, -0.15) is 9.90 Å². The fourth-order valence-electron chi connectivity index (χ4n) is 9.36. The van der Waals surface area contributed by atoms with E-state index >= 15 is 0 Å². The lowest BCUT2D eigenvalue weighted by Crippen LogP contribution is -2.53. The summed E-state index contributed by atoms with van der Waals surface area (Å²) in [6.45, 7) is 10.4. The molecule has 8 atom stereocenters. The Morgan fingerprint density at radius 2 is 1.80 bits per heavy atom. The van der Waals surface area contributed by atoms with Crippen LogP contribution in [0, 0.1) is 46.3 Å². The molecule has 0 radical (unpaired) electrons. The number of amides is 1. The molecule has 0 spiro atoms. The quantitative estimate of drug-likeness (QED) is 0.527. The molecule has 8 unspecified atom stereocenters. The first kappa shape index (κ1) is 25.0. The summed E-state index contributed by atoms with van der Waals surface area (Å²) < 4.78 is 0. The largest absolute Gasteiger partial charge is 0.340 e. The van der Waals surface area contributed by atoms with Gasteiger partial charge in [-0.3, -0.25) is 9.59 Å². The zero-order chi connectivity index (χ0) is 25.0. The third-order valence-corrected chi connectivity index (χ3v) is 11.3. The Morgan fingerprint density at radius 3 is 2.57 bits per heavy atom. The number of rotatable bonds is 6. The average Bonchev–Trinajstić information content (AvgIpc) is 3.43. The smallest absolute Gasteiger partial charge is 0.275 e. The van der Waals surface area contributed by atoms with Crippen LogP contribution in [-0.4, -0.2) is 45.2 Å². The highest BCUT2D eigenvalue weighted by Gasteiger charge is 2.60. The minimum absolute atomic E-state index is 0.0956. The Kier molecular flexibility index (Phi) is 6.63. The fraction of sp³-hybridized carbons (Fsp3) is 0.862. The first-order valence-electron chi connectivity index (χ1n) is 14.4. The maximum absolute atomic E-state index is 13.6. The zero-order valence-electron chi connectivity index (χ0n) is 22.6. The molecule has 4 aliphatic rings. The van der Waals surface area contributed by atoms with E-state index in [1.165, 1.54) is 62.4 Å². The second-order valence-electron chi connectivity index (χ2n) is 13.2. The van der Waals surface area contributed by atoms with Gasteiger partial charge < -0.3 is 4.90 Å². The highest BCUT2D eigenvalue weighted by molar-refractivity contribution is 5.91. The lowest BCUT2D eigenvalue weighted by atomic mass is 9.44. The molecule has 6 nitrogen and oxygen atoms in total. The van der Waals surface area contributed by atoms with E-state index < -0.39 is 0 Å². The van der Waals surface area contributed by atoms with Crippen molar-refractivity contribution < 1.29 is 9.59 Å². The van der Waals surface area contributed by atoms with E-state index in [-0.39, 0.29) is 29.6 Å². The van der Waals surface area contributed by atoms with Gasteiger partial charge in [0.25, 0.3) is 5.91 Å². The molecule has 0 bridgehead atoms. The van der Waals surface area contributed by atoms with Crippen LogP contribution in [0.15, 0.2) is 6.20 Å². The van der Waals surface area contributed by atoms with Gasteiger partial charge in [0.05, 0.1) is 6.20 Å². The van der Waals surface area contributed by atoms with Crippen LogP contribution in [0.4, 0.5) is 0 Å². The van der Waals surface area contributed by atoms with E-state index in [0.717, 1.165) is 36.5 Å². The molecular formula is C29H46N4O2. The third kappa shape index (κ3) is 4.17. The van der Waals surface area contributed by atoms with Gasteiger partial charge in [0.1, 0.15) is 6.54 Å². The van der Waals surface area contributed by atoms with Crippen molar-refractivity contribution in [3.8, 4) is 0 Å². The van der Waals surface area contributed by atoms with E-state index in [1.807, 2.05) is 6.92 Å². The molecule has 1 aromatic rings. The summed E-state index contributed by atoms with van der Waals surface area (Å²) in [7, 11) is 1.79. The summed E-state index contributed by atoms with van der Waals surface area (Å²) in [6.07, 6.45) is 14.1. The molecule has 4 saturated carbocycles. The topological polar surface area (TPSA) is 68.1 Å². The van der Waals surface area contributed by atoms with Crippen LogP contribution in [0.3, 0.4) is 0 Å². The van der Waals surface area contributed by atoms with Gasteiger partial charge in [-0.15, -0.1) is 5.10 Å². The number of nitrogens with zero attached hydrogens (tertiary/aromatic N) is 4. The first-order chi connectivity index (χ1) is 16.7. The Balaban J connectivity index is 1.27. The van der Waals surface area contributed by atoms with Crippen LogP contribution >= 0.6 is 0 Å². The standard InChI is InChI=1S/C29H46N4O2/c1-6-15-32(5)27(35)25-17-30-33(31-25)18-26(34)24-10-9-22-21-8-7-20-16-19(2)11-13-28(20,3)23(21)12-14-29(22,24)4/h17,19-24H,6-16,18H2,1-5H3. The van der Waals surface area contributed by atoms with Crippen molar-refractivity contribution in [3.63, 3.8) is 0 Å². The van der Waals surface area contributed by atoms with Gasteiger partial charge in [-0.1, -0.05) is 34.1 Å². The van der Waals surface area contributed by atoms with Crippen molar-refractivity contribution in [1.82, 2.24) is 19.9 Å². The van der Waals surface area contributed by atoms with Crippen molar-refractivity contribution in [3.05, 3.63) is 11.9 Å². The molecule has 5 rings (SSSR count). The van der Waals surface area contributed by atoms with Gasteiger partial charge in [0.2, 0.25) is 0 Å². The van der Waals surface area contributed by atoms with Gasteiger partial charge >= 0.3 is 0 Å². The van der Waals surface area contributed by atoms with Crippen molar-refractivity contribution >= 4 is 11.7 Å². The highest BCUT2D eigenvalue weighted by atomic mass is 16.2. The Morgan fingerprint density at radius 1 is 1.06 bits per heavy atom. The van der Waals surface area contributed by atoms with Crippen LogP contribution < -0.4 is 0 Å². The summed E-state index contributed by atoms with van der Waals surface area (Å²) in [6, 6.07) is 0. The molecule has 4 fully saturated rings. The summed E-state index contributed by atoms with van der Waals surface area (Å²) in [5.41, 5.74) is 0.957. The van der Waals surface area contributed by atoms with Crippen LogP contribution in [-0.2, 0) is 11.3 Å². The predicted molar refractivity (Wildman–Crippen MR) is 137 cm³/mol. The Bertz CT molecular complexity index is 958. The SMILES string of the molecule is CCCN(C)C(=O)c1cnn(CC(=O)C2CCC3C4CCC5CC(C)CCC5(C)C4CCC23C)n1. The number of Topliss-reactive ketones (excluding diaryl/α,β-unsaturated/α-hetero) is 1. The van der Waals surface area contributed by atoms with Crippen LogP contribution in [0.25, 0.3) is 0 Å². The molecule has 194 valence electrons. The molecular weight excluding hydrogens is 436 g/mol. The monoisotopic (exact) mass is 482 g/mol. The lowest BCUT2D eigenvalue weighted by molar-refractivity contribution is -0.137. The first-order valence-corrected chi connectivity index (χ1v) is 14.4. The number of fused-ring (bicyclic) bond motifs is 5. The second-order valence-corrected chi connectivity index (χ2v) is 13.2. The van der Waals surface area contributed by atoms with Gasteiger partial charge in [-0.05, 0) is 98.2 Å². The van der Waals surface area contributed by atoms with Crippen molar-refractivity contribution in [2.24, 2.45) is 46.3 Å². The minimum Gasteiger partial charge on any atom is -0.340 e. The summed E-state index contributed by atoms with van der Waals surface area (Å²) in [4.78, 5) is 29.2. The maximum atomic E-state index is 13.6. The van der Waals surface area contributed by atoms with E-state index in [0.29, 0.717) is 23.6 Å². The number of ketones is 1. The van der Waals surface area contributed by atoms with Gasteiger partial charge in [-0.25, -0.2) is 0 Å². The Labute approximate surface area is 211 Å². The molecule has 4 aliphatic carbocycles. The van der Waals surface area contributed by atoms with Crippen molar-refractivity contribution in [2.75, 3.05) is 13.6 Å². The number of carbonyl (C=O) groups excluding carboxylic acids is 2. The summed E-state index contributed by atoms with van der Waals surface area (Å²) >= 11 is 0. The highest BCUT2D eigenvalue weighted by Crippen LogP contribution is 2.67. The van der Waals surface area contributed by atoms with E-state index in [4.69, 9.17) is 0 Å². The van der Waals surface area contributed by atoms with E-state index in [2.05, 4.69) is 31.0 Å².